The van der Waals surface area contributed by atoms with Crippen LogP contribution in [0.3, 0.4) is 0 Å². The summed E-state index contributed by atoms with van der Waals surface area (Å²) >= 11 is 0.888. The van der Waals surface area contributed by atoms with Gasteiger partial charge in [-0.05, 0) is 86.8 Å². The fourth-order valence-electron chi connectivity index (χ4n) is 5.35. The zero-order valence-corrected chi connectivity index (χ0v) is 24.1. The SMILES string of the molecule is COc1ccccc1OCCN1C(=O)S/C(=C\c2cc(C)n(-c3ccc(N4CCCCC4)c([N+](=O)[O-])c3)c2C)C1=O. The molecule has 2 aromatic carbocycles. The Morgan fingerprint density at radius 2 is 1.76 bits per heavy atom. The van der Waals surface area contributed by atoms with E-state index in [2.05, 4.69) is 4.90 Å². The average Bonchev–Trinajstić information content (AvgIpc) is 3.41. The molecular formula is C30H32N4O6S. The molecule has 0 spiro atoms. The van der Waals surface area contributed by atoms with Crippen LogP contribution in [0.5, 0.6) is 11.5 Å². The fourth-order valence-corrected chi connectivity index (χ4v) is 6.21. The molecule has 0 unspecified atom stereocenters. The maximum Gasteiger partial charge on any atom is 0.294 e. The van der Waals surface area contributed by atoms with Crippen molar-refractivity contribution < 1.29 is 24.0 Å². The molecular weight excluding hydrogens is 544 g/mol. The third-order valence-electron chi connectivity index (χ3n) is 7.38. The Hall–Kier alpha value is -4.25. The largest absolute Gasteiger partial charge is 0.493 e. The van der Waals surface area contributed by atoms with Gasteiger partial charge in [0.2, 0.25) is 0 Å². The van der Waals surface area contributed by atoms with Crippen molar-refractivity contribution >= 4 is 40.4 Å². The molecule has 0 bridgehead atoms. The highest BCUT2D eigenvalue weighted by Gasteiger charge is 2.35. The number of ether oxygens (including phenoxy) is 2. The first-order chi connectivity index (χ1) is 19.8. The Kier molecular flexibility index (Phi) is 8.34. The number of benzene rings is 2. The first-order valence-electron chi connectivity index (χ1n) is 13.5. The normalized spacial score (nSPS) is 16.5. The van der Waals surface area contributed by atoms with Crippen molar-refractivity contribution in [2.45, 2.75) is 33.1 Å². The number of carbonyl (C=O) groups is 2. The second-order valence-corrected chi connectivity index (χ2v) is 11.0. The highest BCUT2D eigenvalue weighted by Crippen LogP contribution is 2.36. The number of hydrogen-bond acceptors (Lipinski definition) is 8. The lowest BCUT2D eigenvalue weighted by molar-refractivity contribution is -0.384. The number of nitro benzene ring substituents is 1. The van der Waals surface area contributed by atoms with E-state index in [1.165, 1.54) is 4.90 Å². The number of nitrogens with zero attached hydrogens (tertiary/aromatic N) is 4. The number of imide groups is 1. The van der Waals surface area contributed by atoms with E-state index in [9.17, 15) is 19.7 Å². The summed E-state index contributed by atoms with van der Waals surface area (Å²) in [5.74, 6) is 0.729. The molecule has 0 aliphatic carbocycles. The summed E-state index contributed by atoms with van der Waals surface area (Å²) in [7, 11) is 1.55. The monoisotopic (exact) mass is 576 g/mol. The molecule has 2 saturated heterocycles. The second kappa shape index (κ2) is 12.1. The maximum atomic E-state index is 13.1. The van der Waals surface area contributed by atoms with E-state index in [0.29, 0.717) is 27.8 Å². The van der Waals surface area contributed by atoms with Gasteiger partial charge in [0.15, 0.2) is 11.5 Å². The van der Waals surface area contributed by atoms with Crippen molar-refractivity contribution in [3.63, 3.8) is 0 Å². The molecule has 2 aliphatic rings. The zero-order valence-electron chi connectivity index (χ0n) is 23.3. The van der Waals surface area contributed by atoms with Gasteiger partial charge in [-0.25, -0.2) is 0 Å². The van der Waals surface area contributed by atoms with Crippen LogP contribution < -0.4 is 14.4 Å². The molecule has 0 atom stereocenters. The van der Waals surface area contributed by atoms with Crippen molar-refractivity contribution in [1.82, 2.24) is 9.47 Å². The van der Waals surface area contributed by atoms with E-state index in [0.717, 1.165) is 61.1 Å². The summed E-state index contributed by atoms with van der Waals surface area (Å²) < 4.78 is 13.0. The first-order valence-corrected chi connectivity index (χ1v) is 14.3. The van der Waals surface area contributed by atoms with Crippen LogP contribution in [0.25, 0.3) is 11.8 Å². The fraction of sp³-hybridized carbons (Fsp3) is 0.333. The molecule has 214 valence electrons. The number of carbonyl (C=O) groups excluding carboxylic acids is 2. The predicted molar refractivity (Wildman–Crippen MR) is 159 cm³/mol. The van der Waals surface area contributed by atoms with Gasteiger partial charge >= 0.3 is 0 Å². The van der Waals surface area contributed by atoms with Gasteiger partial charge in [0, 0.05) is 30.5 Å². The maximum absolute atomic E-state index is 13.1. The van der Waals surface area contributed by atoms with Crippen molar-refractivity contribution in [3.8, 4) is 17.2 Å². The number of thioether (sulfide) groups is 1. The van der Waals surface area contributed by atoms with Crippen LogP contribution in [0.4, 0.5) is 16.2 Å². The number of aryl methyl sites for hydroxylation is 1. The van der Waals surface area contributed by atoms with Crippen LogP contribution in [0.15, 0.2) is 53.4 Å². The van der Waals surface area contributed by atoms with Crippen LogP contribution >= 0.6 is 11.8 Å². The second-order valence-electron chi connectivity index (χ2n) is 9.97. The number of piperidine rings is 1. The summed E-state index contributed by atoms with van der Waals surface area (Å²) in [5.41, 5.74) is 3.83. The lowest BCUT2D eigenvalue weighted by Crippen LogP contribution is -2.32. The Morgan fingerprint density at radius 3 is 2.46 bits per heavy atom. The van der Waals surface area contributed by atoms with E-state index in [1.54, 1.807) is 31.4 Å². The molecule has 11 heteroatoms. The number of rotatable bonds is 9. The zero-order chi connectivity index (χ0) is 29.1. The smallest absolute Gasteiger partial charge is 0.294 e. The number of anilines is 1. The van der Waals surface area contributed by atoms with Crippen molar-refractivity contribution in [2.24, 2.45) is 0 Å². The van der Waals surface area contributed by atoms with Crippen LogP contribution in [-0.4, -0.2) is 58.9 Å². The molecule has 3 aromatic rings. The Balaban J connectivity index is 1.35. The Labute approximate surface area is 242 Å². The molecule has 2 amide bonds. The molecule has 0 saturated carbocycles. The van der Waals surface area contributed by atoms with Gasteiger partial charge in [-0.1, -0.05) is 12.1 Å². The average molecular weight is 577 g/mol. The lowest BCUT2D eigenvalue weighted by atomic mass is 10.1. The van der Waals surface area contributed by atoms with E-state index < -0.39 is 0 Å². The molecule has 0 radical (unpaired) electrons. The van der Waals surface area contributed by atoms with Crippen molar-refractivity contribution in [2.75, 3.05) is 38.3 Å². The molecule has 3 heterocycles. The third-order valence-corrected chi connectivity index (χ3v) is 8.29. The van der Waals surface area contributed by atoms with Crippen LogP contribution in [0.1, 0.15) is 36.2 Å². The van der Waals surface area contributed by atoms with Gasteiger partial charge < -0.3 is 18.9 Å². The Morgan fingerprint density at radius 1 is 1.02 bits per heavy atom. The molecule has 41 heavy (non-hydrogen) atoms. The number of hydrogen-bond donors (Lipinski definition) is 0. The first kappa shape index (κ1) is 28.3. The van der Waals surface area contributed by atoms with Crippen molar-refractivity contribution in [1.29, 1.82) is 0 Å². The summed E-state index contributed by atoms with van der Waals surface area (Å²) in [4.78, 5) is 41.0. The lowest BCUT2D eigenvalue weighted by Gasteiger charge is -2.28. The van der Waals surface area contributed by atoms with E-state index in [4.69, 9.17) is 9.47 Å². The minimum atomic E-state index is -0.380. The quantitative estimate of drug-likeness (QED) is 0.170. The number of para-hydroxylation sites is 2. The van der Waals surface area contributed by atoms with Gasteiger partial charge in [0.1, 0.15) is 12.3 Å². The van der Waals surface area contributed by atoms with Gasteiger partial charge in [-0.3, -0.25) is 24.6 Å². The molecule has 2 fully saturated rings. The third kappa shape index (κ3) is 5.81. The summed E-state index contributed by atoms with van der Waals surface area (Å²) in [5, 5.41) is 11.6. The van der Waals surface area contributed by atoms with E-state index >= 15 is 0 Å². The van der Waals surface area contributed by atoms with Crippen LogP contribution in [0.2, 0.25) is 0 Å². The molecule has 5 rings (SSSR count). The number of nitro groups is 1. The highest BCUT2D eigenvalue weighted by molar-refractivity contribution is 8.18. The molecule has 1 aromatic heterocycles. The summed E-state index contributed by atoms with van der Waals surface area (Å²) in [6.07, 6.45) is 4.90. The van der Waals surface area contributed by atoms with Crippen molar-refractivity contribution in [3.05, 3.63) is 80.5 Å². The Bertz CT molecular complexity index is 1530. The number of amides is 2. The standard InChI is InChI=1S/C30H32N4O6S/c1-20-17-22(18-28-29(35)32(30(36)41-28)15-16-40-27-10-6-5-9-26(27)39-3)21(2)33(20)23-11-12-24(25(19-23)34(37)38)31-13-7-4-8-14-31/h5-6,9-12,17-19H,4,7-8,13-16H2,1-3H3/b28-18-. The van der Waals surface area contributed by atoms with Gasteiger partial charge in [-0.2, -0.15) is 0 Å². The van der Waals surface area contributed by atoms with Gasteiger partial charge in [0.25, 0.3) is 16.8 Å². The molecule has 2 aliphatic heterocycles. The summed E-state index contributed by atoms with van der Waals surface area (Å²) in [6, 6.07) is 14.4. The minimum absolute atomic E-state index is 0.0786. The minimum Gasteiger partial charge on any atom is -0.493 e. The predicted octanol–water partition coefficient (Wildman–Crippen LogP) is 6.12. The summed E-state index contributed by atoms with van der Waals surface area (Å²) in [6.45, 7) is 5.67. The van der Waals surface area contributed by atoms with Crippen LogP contribution in [-0.2, 0) is 4.79 Å². The topological polar surface area (TPSA) is 107 Å². The van der Waals surface area contributed by atoms with E-state index in [-0.39, 0.29) is 34.9 Å². The molecule has 0 N–H and O–H groups in total. The number of aromatic nitrogens is 1. The van der Waals surface area contributed by atoms with Gasteiger partial charge in [-0.15, -0.1) is 0 Å². The molecule has 10 nitrogen and oxygen atoms in total. The number of methoxy groups -OCH3 is 1. The van der Waals surface area contributed by atoms with Crippen LogP contribution in [0, 0.1) is 24.0 Å². The highest BCUT2D eigenvalue weighted by atomic mass is 32.2. The van der Waals surface area contributed by atoms with E-state index in [1.807, 2.05) is 48.7 Å². The van der Waals surface area contributed by atoms with Gasteiger partial charge in [0.05, 0.1) is 29.2 Å².